The lowest BCUT2D eigenvalue weighted by molar-refractivity contribution is -0.384. The first-order chi connectivity index (χ1) is 13.6. The molecule has 142 valence electrons. The van der Waals surface area contributed by atoms with Gasteiger partial charge in [0.25, 0.3) is 11.6 Å². The Hall–Kier alpha value is -4.01. The fourth-order valence-electron chi connectivity index (χ4n) is 2.44. The summed E-state index contributed by atoms with van der Waals surface area (Å²) in [5, 5.41) is 21.4. The van der Waals surface area contributed by atoms with E-state index in [9.17, 15) is 14.9 Å². The number of ether oxygens (including phenoxy) is 1. The molecule has 0 spiro atoms. The first-order valence-electron chi connectivity index (χ1n) is 8.43. The quantitative estimate of drug-likeness (QED) is 0.371. The lowest BCUT2D eigenvalue weighted by Gasteiger charge is -2.03. The Morgan fingerprint density at radius 2 is 2.11 bits per heavy atom. The Morgan fingerprint density at radius 1 is 1.29 bits per heavy atom. The highest BCUT2D eigenvalue weighted by atomic mass is 16.6. The molecule has 0 radical (unpaired) electrons. The van der Waals surface area contributed by atoms with Crippen LogP contribution in [0.15, 0.2) is 59.7 Å². The molecule has 0 aliphatic rings. The number of non-ortho nitro benzene ring substituents is 1. The number of nitrogens with one attached hydrogen (secondary N) is 2. The van der Waals surface area contributed by atoms with E-state index in [1.54, 1.807) is 18.2 Å². The van der Waals surface area contributed by atoms with Crippen molar-refractivity contribution < 1.29 is 14.5 Å². The van der Waals surface area contributed by atoms with Crippen LogP contribution in [0.5, 0.6) is 5.75 Å². The maximum absolute atomic E-state index is 12.2. The highest BCUT2D eigenvalue weighted by molar-refractivity contribution is 5.94. The minimum atomic E-state index is -0.497. The van der Waals surface area contributed by atoms with Crippen LogP contribution in [0.2, 0.25) is 0 Å². The number of hydrogen-bond acceptors (Lipinski definition) is 6. The van der Waals surface area contributed by atoms with Gasteiger partial charge >= 0.3 is 0 Å². The Balaban J connectivity index is 1.67. The van der Waals surface area contributed by atoms with Crippen molar-refractivity contribution in [1.29, 1.82) is 0 Å². The number of carbonyl (C=O) groups excluding carboxylic acids is 1. The molecule has 0 unspecified atom stereocenters. The van der Waals surface area contributed by atoms with Gasteiger partial charge in [0.2, 0.25) is 0 Å². The van der Waals surface area contributed by atoms with Crippen LogP contribution in [0.1, 0.15) is 23.0 Å². The second-order valence-electron chi connectivity index (χ2n) is 5.68. The summed E-state index contributed by atoms with van der Waals surface area (Å²) in [4.78, 5) is 22.5. The number of hydrogen-bond donors (Lipinski definition) is 2. The fourth-order valence-corrected chi connectivity index (χ4v) is 2.44. The van der Waals surface area contributed by atoms with Gasteiger partial charge in [-0.25, -0.2) is 5.43 Å². The molecule has 0 atom stereocenters. The number of carbonyl (C=O) groups is 1. The van der Waals surface area contributed by atoms with Gasteiger partial charge in [0.05, 0.1) is 23.4 Å². The molecule has 28 heavy (non-hydrogen) atoms. The second kappa shape index (κ2) is 8.58. The van der Waals surface area contributed by atoms with Crippen LogP contribution < -0.4 is 10.2 Å². The average molecular weight is 379 g/mol. The van der Waals surface area contributed by atoms with Gasteiger partial charge in [-0.1, -0.05) is 24.3 Å². The molecule has 0 bridgehead atoms. The van der Waals surface area contributed by atoms with E-state index in [2.05, 4.69) is 20.7 Å². The van der Waals surface area contributed by atoms with Gasteiger partial charge in [0.15, 0.2) is 0 Å². The van der Waals surface area contributed by atoms with E-state index in [1.165, 1.54) is 18.3 Å². The predicted molar refractivity (Wildman–Crippen MR) is 103 cm³/mol. The van der Waals surface area contributed by atoms with E-state index < -0.39 is 10.8 Å². The van der Waals surface area contributed by atoms with E-state index in [4.69, 9.17) is 4.74 Å². The zero-order valence-electron chi connectivity index (χ0n) is 15.0. The summed E-state index contributed by atoms with van der Waals surface area (Å²) >= 11 is 0. The summed E-state index contributed by atoms with van der Waals surface area (Å²) in [6, 6.07) is 14.9. The molecule has 0 fully saturated rings. The number of aromatic amines is 1. The lowest BCUT2D eigenvalue weighted by Crippen LogP contribution is -2.18. The van der Waals surface area contributed by atoms with Crippen LogP contribution in [0.4, 0.5) is 5.69 Å². The Kier molecular flexibility index (Phi) is 5.75. The number of amides is 1. The molecule has 1 aromatic heterocycles. The maximum Gasteiger partial charge on any atom is 0.289 e. The molecule has 3 aromatic rings. The van der Waals surface area contributed by atoms with Crippen LogP contribution in [0, 0.1) is 10.1 Å². The molecule has 0 saturated heterocycles. The SMILES string of the molecule is CCOc1cccc(-c2cc(C(=O)N/N=C\c3cccc([N+](=O)[O-])c3)[nH]n2)c1. The van der Waals surface area contributed by atoms with Crippen molar-refractivity contribution in [2.24, 2.45) is 5.10 Å². The third-order valence-corrected chi connectivity index (χ3v) is 3.72. The van der Waals surface area contributed by atoms with Gasteiger partial charge in [0, 0.05) is 23.3 Å². The molecule has 9 nitrogen and oxygen atoms in total. The Bertz CT molecular complexity index is 1030. The van der Waals surface area contributed by atoms with Crippen LogP contribution in [-0.2, 0) is 0 Å². The Morgan fingerprint density at radius 3 is 2.89 bits per heavy atom. The standard InChI is InChI=1S/C19H17N5O4/c1-2-28-16-8-4-6-14(10-16)17-11-18(22-21-17)19(25)23-20-12-13-5-3-7-15(9-13)24(26)27/h3-12H,2H2,1H3,(H,21,22)(H,23,25)/b20-12-. The highest BCUT2D eigenvalue weighted by Crippen LogP contribution is 2.22. The van der Waals surface area contributed by atoms with Crippen molar-refractivity contribution in [1.82, 2.24) is 15.6 Å². The van der Waals surface area contributed by atoms with Gasteiger partial charge in [-0.2, -0.15) is 10.2 Å². The summed E-state index contributed by atoms with van der Waals surface area (Å²) in [5.41, 5.74) is 4.43. The molecule has 9 heteroatoms. The van der Waals surface area contributed by atoms with Gasteiger partial charge < -0.3 is 4.74 Å². The van der Waals surface area contributed by atoms with Crippen LogP contribution >= 0.6 is 0 Å². The minimum Gasteiger partial charge on any atom is -0.494 e. The van der Waals surface area contributed by atoms with E-state index in [1.807, 2.05) is 31.2 Å². The highest BCUT2D eigenvalue weighted by Gasteiger charge is 2.11. The number of hydrazone groups is 1. The lowest BCUT2D eigenvalue weighted by atomic mass is 10.1. The van der Waals surface area contributed by atoms with Crippen molar-refractivity contribution in [3.8, 4) is 17.0 Å². The minimum absolute atomic E-state index is 0.0530. The Labute approximate surface area is 160 Å². The number of benzene rings is 2. The van der Waals surface area contributed by atoms with Crippen molar-refractivity contribution in [2.75, 3.05) is 6.61 Å². The number of rotatable bonds is 7. The number of aromatic nitrogens is 2. The number of H-pyrrole nitrogens is 1. The average Bonchev–Trinajstić information content (AvgIpc) is 3.19. The van der Waals surface area contributed by atoms with Crippen LogP contribution in [0.3, 0.4) is 0 Å². The predicted octanol–water partition coefficient (Wildman–Crippen LogP) is 3.15. The summed E-state index contributed by atoms with van der Waals surface area (Å²) in [5.74, 6) is 0.233. The fraction of sp³-hybridized carbons (Fsp3) is 0.105. The van der Waals surface area contributed by atoms with E-state index >= 15 is 0 Å². The summed E-state index contributed by atoms with van der Waals surface area (Å²) < 4.78 is 5.46. The zero-order chi connectivity index (χ0) is 19.9. The topological polar surface area (TPSA) is 123 Å². The van der Waals surface area contributed by atoms with Gasteiger partial charge in [-0.15, -0.1) is 0 Å². The molecule has 0 aliphatic heterocycles. The molecule has 0 aliphatic carbocycles. The smallest absolute Gasteiger partial charge is 0.289 e. The third-order valence-electron chi connectivity index (χ3n) is 3.72. The summed E-state index contributed by atoms with van der Waals surface area (Å²) in [6.45, 7) is 2.46. The molecule has 0 saturated carbocycles. The molecular weight excluding hydrogens is 362 g/mol. The second-order valence-corrected chi connectivity index (χ2v) is 5.68. The largest absolute Gasteiger partial charge is 0.494 e. The molecule has 1 amide bonds. The van der Waals surface area contributed by atoms with Crippen molar-refractivity contribution >= 4 is 17.8 Å². The van der Waals surface area contributed by atoms with Crippen molar-refractivity contribution in [3.05, 3.63) is 76.0 Å². The monoisotopic (exact) mass is 379 g/mol. The number of nitrogens with zero attached hydrogens (tertiary/aromatic N) is 3. The maximum atomic E-state index is 12.2. The first-order valence-corrected chi connectivity index (χ1v) is 8.43. The molecule has 2 N–H and O–H groups in total. The van der Waals surface area contributed by atoms with Crippen molar-refractivity contribution in [2.45, 2.75) is 6.92 Å². The molecule has 1 heterocycles. The summed E-state index contributed by atoms with van der Waals surface area (Å²) in [6.07, 6.45) is 1.33. The van der Waals surface area contributed by atoms with E-state index in [-0.39, 0.29) is 11.4 Å². The normalized spacial score (nSPS) is 10.8. The van der Waals surface area contributed by atoms with E-state index in [0.717, 1.165) is 11.3 Å². The molecular formula is C19H17N5O4. The summed E-state index contributed by atoms with van der Waals surface area (Å²) in [7, 11) is 0. The number of nitro groups is 1. The zero-order valence-corrected chi connectivity index (χ0v) is 15.0. The van der Waals surface area contributed by atoms with Crippen LogP contribution in [0.25, 0.3) is 11.3 Å². The molecule has 2 aromatic carbocycles. The third kappa shape index (κ3) is 4.58. The van der Waals surface area contributed by atoms with Gasteiger partial charge in [-0.05, 0) is 25.1 Å². The number of nitro benzene ring substituents is 1. The molecule has 3 rings (SSSR count). The first kappa shape index (κ1) is 18.8. The van der Waals surface area contributed by atoms with Gasteiger partial charge in [-0.3, -0.25) is 20.0 Å². The van der Waals surface area contributed by atoms with Crippen molar-refractivity contribution in [3.63, 3.8) is 0 Å². The van der Waals surface area contributed by atoms with Gasteiger partial charge in [0.1, 0.15) is 11.4 Å². The van der Waals surface area contributed by atoms with Crippen LogP contribution in [-0.4, -0.2) is 33.8 Å². The van der Waals surface area contributed by atoms with E-state index in [0.29, 0.717) is 17.9 Å².